The van der Waals surface area contributed by atoms with Crippen molar-refractivity contribution < 1.29 is 9.66 Å². The minimum atomic E-state index is -0.492. The lowest BCUT2D eigenvalue weighted by atomic mass is 9.89. The number of ether oxygens (including phenoxy) is 1. The molecule has 1 aromatic rings. The van der Waals surface area contributed by atoms with Crippen LogP contribution in [0.3, 0.4) is 0 Å². The molecule has 0 radical (unpaired) electrons. The standard InChI is InChI=1S/C11H13NO3/c13-12(14)10-6-7-11(10)15-8-9-4-2-1-3-5-9/h1-5,10-11H,6-8H2. The summed E-state index contributed by atoms with van der Waals surface area (Å²) in [6.07, 6.45) is 1.26. The summed E-state index contributed by atoms with van der Waals surface area (Å²) in [5.41, 5.74) is 1.06. The van der Waals surface area contributed by atoms with Crippen LogP contribution in [0.5, 0.6) is 0 Å². The summed E-state index contributed by atoms with van der Waals surface area (Å²) in [5, 5.41) is 10.5. The van der Waals surface area contributed by atoms with E-state index in [-0.39, 0.29) is 11.0 Å². The maximum atomic E-state index is 10.5. The molecular weight excluding hydrogens is 194 g/mol. The van der Waals surface area contributed by atoms with E-state index >= 15 is 0 Å². The maximum absolute atomic E-state index is 10.5. The Hall–Kier alpha value is -1.42. The predicted octanol–water partition coefficient (Wildman–Crippen LogP) is 2.01. The number of hydrogen-bond acceptors (Lipinski definition) is 3. The minimum Gasteiger partial charge on any atom is -0.366 e. The Morgan fingerprint density at radius 2 is 2.07 bits per heavy atom. The Kier molecular flexibility index (Phi) is 2.97. The van der Waals surface area contributed by atoms with Gasteiger partial charge in [-0.2, -0.15) is 0 Å². The normalized spacial score (nSPS) is 24.5. The molecule has 4 nitrogen and oxygen atoms in total. The fourth-order valence-electron chi connectivity index (χ4n) is 1.66. The summed E-state index contributed by atoms with van der Waals surface area (Å²) in [7, 11) is 0. The zero-order chi connectivity index (χ0) is 10.7. The highest BCUT2D eigenvalue weighted by atomic mass is 16.6. The molecule has 1 aliphatic rings. The van der Waals surface area contributed by atoms with Crippen molar-refractivity contribution in [3.63, 3.8) is 0 Å². The van der Waals surface area contributed by atoms with Gasteiger partial charge in [-0.25, -0.2) is 0 Å². The molecule has 2 rings (SSSR count). The molecule has 0 N–H and O–H groups in total. The monoisotopic (exact) mass is 207 g/mol. The van der Waals surface area contributed by atoms with E-state index in [4.69, 9.17) is 4.74 Å². The molecule has 1 aliphatic carbocycles. The van der Waals surface area contributed by atoms with E-state index in [1.165, 1.54) is 0 Å². The SMILES string of the molecule is O=[N+]([O-])C1CCC1OCc1ccccc1. The molecule has 0 aliphatic heterocycles. The van der Waals surface area contributed by atoms with Crippen molar-refractivity contribution in [2.45, 2.75) is 31.6 Å². The van der Waals surface area contributed by atoms with Crippen LogP contribution >= 0.6 is 0 Å². The Balaban J connectivity index is 1.82. The molecule has 0 saturated heterocycles. The van der Waals surface area contributed by atoms with Gasteiger partial charge in [0.25, 0.3) is 0 Å². The second-order valence-corrected chi connectivity index (χ2v) is 3.77. The fourth-order valence-corrected chi connectivity index (χ4v) is 1.66. The van der Waals surface area contributed by atoms with E-state index in [0.717, 1.165) is 12.0 Å². The van der Waals surface area contributed by atoms with Gasteiger partial charge in [0.05, 0.1) is 6.61 Å². The van der Waals surface area contributed by atoms with Gasteiger partial charge in [-0.1, -0.05) is 30.3 Å². The fraction of sp³-hybridized carbons (Fsp3) is 0.455. The lowest BCUT2D eigenvalue weighted by molar-refractivity contribution is -0.551. The Bertz CT molecular complexity index is 339. The van der Waals surface area contributed by atoms with Crippen LogP contribution in [0.1, 0.15) is 18.4 Å². The van der Waals surface area contributed by atoms with Gasteiger partial charge < -0.3 is 4.74 Å². The van der Waals surface area contributed by atoms with Crippen LogP contribution in [0.4, 0.5) is 0 Å². The van der Waals surface area contributed by atoms with Gasteiger partial charge in [0, 0.05) is 11.3 Å². The van der Waals surface area contributed by atoms with Crippen LogP contribution in [-0.4, -0.2) is 17.1 Å². The van der Waals surface area contributed by atoms with Gasteiger partial charge in [-0.15, -0.1) is 0 Å². The average Bonchev–Trinajstić information content (AvgIpc) is 2.17. The van der Waals surface area contributed by atoms with Crippen LogP contribution in [-0.2, 0) is 11.3 Å². The van der Waals surface area contributed by atoms with Crippen molar-refractivity contribution >= 4 is 0 Å². The third-order valence-electron chi connectivity index (χ3n) is 2.75. The van der Waals surface area contributed by atoms with E-state index < -0.39 is 6.04 Å². The number of nitrogens with zero attached hydrogens (tertiary/aromatic N) is 1. The lowest BCUT2D eigenvalue weighted by Gasteiger charge is -2.29. The van der Waals surface area contributed by atoms with Crippen molar-refractivity contribution in [3.8, 4) is 0 Å². The van der Waals surface area contributed by atoms with Gasteiger partial charge in [0.1, 0.15) is 6.10 Å². The second-order valence-electron chi connectivity index (χ2n) is 3.77. The van der Waals surface area contributed by atoms with E-state index in [2.05, 4.69) is 0 Å². The smallest absolute Gasteiger partial charge is 0.238 e. The summed E-state index contributed by atoms with van der Waals surface area (Å²) < 4.78 is 5.50. The molecule has 1 aromatic carbocycles. The molecule has 0 amide bonds. The Morgan fingerprint density at radius 3 is 2.60 bits per heavy atom. The third kappa shape index (κ3) is 2.33. The molecule has 4 heteroatoms. The zero-order valence-corrected chi connectivity index (χ0v) is 8.33. The quantitative estimate of drug-likeness (QED) is 0.560. The molecule has 0 heterocycles. The van der Waals surface area contributed by atoms with Gasteiger partial charge in [0.2, 0.25) is 6.04 Å². The first-order valence-corrected chi connectivity index (χ1v) is 5.06. The van der Waals surface area contributed by atoms with Gasteiger partial charge in [-0.3, -0.25) is 10.1 Å². The van der Waals surface area contributed by atoms with Crippen molar-refractivity contribution in [2.75, 3.05) is 0 Å². The molecule has 1 fully saturated rings. The van der Waals surface area contributed by atoms with Crippen molar-refractivity contribution in [2.24, 2.45) is 0 Å². The van der Waals surface area contributed by atoms with Crippen molar-refractivity contribution in [1.29, 1.82) is 0 Å². The Morgan fingerprint density at radius 1 is 1.33 bits per heavy atom. The van der Waals surface area contributed by atoms with E-state index in [1.54, 1.807) is 0 Å². The number of hydrogen-bond donors (Lipinski definition) is 0. The predicted molar refractivity (Wildman–Crippen MR) is 55.0 cm³/mol. The number of rotatable bonds is 4. The van der Waals surface area contributed by atoms with Crippen LogP contribution in [0.2, 0.25) is 0 Å². The largest absolute Gasteiger partial charge is 0.366 e. The molecule has 15 heavy (non-hydrogen) atoms. The maximum Gasteiger partial charge on any atom is 0.238 e. The number of nitro groups is 1. The number of benzene rings is 1. The lowest BCUT2D eigenvalue weighted by Crippen LogP contribution is -2.44. The third-order valence-corrected chi connectivity index (χ3v) is 2.75. The van der Waals surface area contributed by atoms with Gasteiger partial charge in [-0.05, 0) is 12.0 Å². The highest BCUT2D eigenvalue weighted by molar-refractivity contribution is 5.13. The molecule has 0 aromatic heterocycles. The first-order chi connectivity index (χ1) is 7.27. The second kappa shape index (κ2) is 4.40. The van der Waals surface area contributed by atoms with Gasteiger partial charge in [0.15, 0.2) is 0 Å². The minimum absolute atomic E-state index is 0.194. The highest BCUT2D eigenvalue weighted by Crippen LogP contribution is 2.26. The van der Waals surface area contributed by atoms with Crippen LogP contribution in [0.25, 0.3) is 0 Å². The molecule has 1 saturated carbocycles. The van der Waals surface area contributed by atoms with Crippen molar-refractivity contribution in [3.05, 3.63) is 46.0 Å². The molecule has 0 bridgehead atoms. The molecule has 80 valence electrons. The summed E-state index contributed by atoms with van der Waals surface area (Å²) in [4.78, 5) is 10.3. The van der Waals surface area contributed by atoms with Crippen LogP contribution < -0.4 is 0 Å². The van der Waals surface area contributed by atoms with E-state index in [1.807, 2.05) is 30.3 Å². The van der Waals surface area contributed by atoms with E-state index in [0.29, 0.717) is 13.0 Å². The summed E-state index contributed by atoms with van der Waals surface area (Å²) in [6.45, 7) is 0.468. The Labute approximate surface area is 88.0 Å². The molecule has 2 unspecified atom stereocenters. The molecule has 0 spiro atoms. The van der Waals surface area contributed by atoms with Gasteiger partial charge >= 0.3 is 0 Å². The molecular formula is C11H13NO3. The first-order valence-electron chi connectivity index (χ1n) is 5.06. The summed E-state index contributed by atoms with van der Waals surface area (Å²) in [6, 6.07) is 9.23. The summed E-state index contributed by atoms with van der Waals surface area (Å²) in [5.74, 6) is 0. The van der Waals surface area contributed by atoms with Crippen LogP contribution in [0, 0.1) is 10.1 Å². The first kappa shape index (κ1) is 10.1. The van der Waals surface area contributed by atoms with Crippen molar-refractivity contribution in [1.82, 2.24) is 0 Å². The average molecular weight is 207 g/mol. The highest BCUT2D eigenvalue weighted by Gasteiger charge is 2.41. The van der Waals surface area contributed by atoms with E-state index in [9.17, 15) is 10.1 Å². The topological polar surface area (TPSA) is 52.4 Å². The van der Waals surface area contributed by atoms with Crippen LogP contribution in [0.15, 0.2) is 30.3 Å². The zero-order valence-electron chi connectivity index (χ0n) is 8.33. The molecule has 2 atom stereocenters. The summed E-state index contributed by atoms with van der Waals surface area (Å²) >= 11 is 0.